The van der Waals surface area contributed by atoms with Crippen LogP contribution in [0.5, 0.6) is 5.75 Å². The van der Waals surface area contributed by atoms with Gasteiger partial charge in [-0.3, -0.25) is 9.59 Å². The number of piperazine rings is 1. The number of halogens is 1. The Bertz CT molecular complexity index is 1440. The molecule has 3 aliphatic heterocycles. The molecule has 45 heavy (non-hydrogen) atoms. The van der Waals surface area contributed by atoms with Crippen molar-refractivity contribution in [2.45, 2.75) is 50.7 Å². The summed E-state index contributed by atoms with van der Waals surface area (Å²) < 4.78 is 6.32. The van der Waals surface area contributed by atoms with E-state index in [0.29, 0.717) is 56.6 Å². The fourth-order valence-corrected chi connectivity index (χ4v) is 6.83. The van der Waals surface area contributed by atoms with Gasteiger partial charge in [0.05, 0.1) is 12.3 Å². The van der Waals surface area contributed by atoms with Crippen molar-refractivity contribution in [1.29, 1.82) is 0 Å². The molecular formula is C36H44ClN5O3. The summed E-state index contributed by atoms with van der Waals surface area (Å²) in [5.41, 5.74) is 4.58. The van der Waals surface area contributed by atoms with Crippen LogP contribution in [0.2, 0.25) is 5.02 Å². The predicted octanol–water partition coefficient (Wildman–Crippen LogP) is 4.20. The Morgan fingerprint density at radius 1 is 0.956 bits per heavy atom. The number of hydrogen-bond acceptors (Lipinski definition) is 6. The Balaban J connectivity index is 1.08. The topological polar surface area (TPSA) is 85.9 Å². The van der Waals surface area contributed by atoms with Crippen molar-refractivity contribution in [2.24, 2.45) is 5.92 Å². The smallest absolute Gasteiger partial charge is 0.245 e. The fourth-order valence-electron chi connectivity index (χ4n) is 6.70. The number of carbonyl (C=O) groups excluding carboxylic acids is 2. The molecule has 238 valence electrons. The number of rotatable bonds is 10. The van der Waals surface area contributed by atoms with Gasteiger partial charge in [0.1, 0.15) is 11.8 Å². The molecule has 0 saturated carbocycles. The van der Waals surface area contributed by atoms with Gasteiger partial charge in [-0.25, -0.2) is 0 Å². The predicted molar refractivity (Wildman–Crippen MR) is 179 cm³/mol. The van der Waals surface area contributed by atoms with Gasteiger partial charge in [0.15, 0.2) is 0 Å². The van der Waals surface area contributed by atoms with Crippen LogP contribution in [0.15, 0.2) is 72.8 Å². The van der Waals surface area contributed by atoms with E-state index in [4.69, 9.17) is 16.3 Å². The highest BCUT2D eigenvalue weighted by atomic mass is 35.5. The normalized spacial score (nSPS) is 20.6. The minimum atomic E-state index is -0.652. The van der Waals surface area contributed by atoms with Crippen molar-refractivity contribution >= 4 is 29.1 Å². The van der Waals surface area contributed by atoms with E-state index in [1.807, 2.05) is 59.5 Å². The summed E-state index contributed by atoms with van der Waals surface area (Å²) in [7, 11) is 0. The van der Waals surface area contributed by atoms with Gasteiger partial charge in [0.2, 0.25) is 11.8 Å². The molecule has 3 heterocycles. The monoisotopic (exact) mass is 629 g/mol. The van der Waals surface area contributed by atoms with Gasteiger partial charge in [0, 0.05) is 69.1 Å². The van der Waals surface area contributed by atoms with Gasteiger partial charge in [-0.15, -0.1) is 0 Å². The van der Waals surface area contributed by atoms with Gasteiger partial charge in [-0.1, -0.05) is 60.1 Å². The van der Waals surface area contributed by atoms with Crippen LogP contribution in [0, 0.1) is 5.92 Å². The maximum absolute atomic E-state index is 14.0. The summed E-state index contributed by atoms with van der Waals surface area (Å²) in [5.74, 6) is 1.26. The van der Waals surface area contributed by atoms with Crippen LogP contribution in [0.25, 0.3) is 0 Å². The second-order valence-corrected chi connectivity index (χ2v) is 12.9. The third-order valence-electron chi connectivity index (χ3n) is 9.25. The van der Waals surface area contributed by atoms with Crippen molar-refractivity contribution in [3.8, 4) is 5.75 Å². The molecule has 9 heteroatoms. The molecule has 0 spiro atoms. The number of piperidine rings is 1. The van der Waals surface area contributed by atoms with Crippen molar-refractivity contribution in [2.75, 3.05) is 50.8 Å². The van der Waals surface area contributed by atoms with Crippen LogP contribution >= 0.6 is 11.6 Å². The molecule has 3 aliphatic rings. The lowest BCUT2D eigenvalue weighted by Gasteiger charge is -2.38. The molecule has 0 aromatic heterocycles. The number of nitrogens with one attached hydrogen (secondary N) is 3. The van der Waals surface area contributed by atoms with Gasteiger partial charge >= 0.3 is 0 Å². The van der Waals surface area contributed by atoms with E-state index in [9.17, 15) is 9.59 Å². The maximum atomic E-state index is 14.0. The Morgan fingerprint density at radius 2 is 1.71 bits per heavy atom. The number of para-hydroxylation sites is 2. The Kier molecular flexibility index (Phi) is 10.6. The highest BCUT2D eigenvalue weighted by molar-refractivity contribution is 6.30. The van der Waals surface area contributed by atoms with Crippen molar-refractivity contribution < 1.29 is 14.3 Å². The lowest BCUT2D eigenvalue weighted by Crippen LogP contribution is -2.56. The molecule has 0 bridgehead atoms. The Morgan fingerprint density at radius 3 is 2.49 bits per heavy atom. The minimum Gasteiger partial charge on any atom is -0.491 e. The molecule has 3 aromatic rings. The largest absolute Gasteiger partial charge is 0.491 e. The quantitative estimate of drug-likeness (QED) is 0.312. The summed E-state index contributed by atoms with van der Waals surface area (Å²) >= 11 is 6.13. The zero-order valence-corrected chi connectivity index (χ0v) is 26.6. The summed E-state index contributed by atoms with van der Waals surface area (Å²) in [6.07, 6.45) is 3.91. The zero-order chi connectivity index (χ0) is 31.0. The number of anilines is 1. The Labute approximate surface area is 271 Å². The molecule has 2 saturated heterocycles. The summed E-state index contributed by atoms with van der Waals surface area (Å²) in [6, 6.07) is 23.4. The summed E-state index contributed by atoms with van der Waals surface area (Å²) in [4.78, 5) is 31.5. The first-order valence-electron chi connectivity index (χ1n) is 16.3. The van der Waals surface area contributed by atoms with E-state index < -0.39 is 6.04 Å². The van der Waals surface area contributed by atoms with E-state index >= 15 is 0 Å². The zero-order valence-electron chi connectivity index (χ0n) is 25.8. The van der Waals surface area contributed by atoms with Gasteiger partial charge in [-0.05, 0) is 66.8 Å². The average Bonchev–Trinajstić information content (AvgIpc) is 3.08. The van der Waals surface area contributed by atoms with Crippen LogP contribution in [-0.2, 0) is 29.0 Å². The Hall–Kier alpha value is -3.59. The van der Waals surface area contributed by atoms with Crippen LogP contribution < -0.4 is 25.6 Å². The number of carbonyl (C=O) groups is 2. The molecular weight excluding hydrogens is 586 g/mol. The lowest BCUT2D eigenvalue weighted by atomic mass is 9.94. The number of benzene rings is 3. The number of ether oxygens (including phenoxy) is 1. The minimum absolute atomic E-state index is 0.0337. The first kappa shape index (κ1) is 31.4. The molecule has 2 fully saturated rings. The maximum Gasteiger partial charge on any atom is 0.245 e. The molecule has 3 aromatic carbocycles. The van der Waals surface area contributed by atoms with Crippen LogP contribution in [0.4, 0.5) is 5.69 Å². The first-order valence-corrected chi connectivity index (χ1v) is 16.7. The van der Waals surface area contributed by atoms with Gasteiger partial charge in [0.25, 0.3) is 0 Å². The average molecular weight is 630 g/mol. The van der Waals surface area contributed by atoms with Crippen LogP contribution in [0.3, 0.4) is 0 Å². The molecule has 6 rings (SSSR count). The summed E-state index contributed by atoms with van der Waals surface area (Å²) in [6.45, 7) is 6.10. The first-order chi connectivity index (χ1) is 22.0. The lowest BCUT2D eigenvalue weighted by molar-refractivity contribution is -0.136. The molecule has 2 amide bonds. The fraction of sp³-hybridized carbons (Fsp3) is 0.444. The van der Waals surface area contributed by atoms with E-state index in [1.165, 1.54) is 24.0 Å². The molecule has 0 radical (unpaired) electrons. The van der Waals surface area contributed by atoms with Crippen molar-refractivity contribution in [3.05, 3.63) is 94.5 Å². The third-order valence-corrected chi connectivity index (χ3v) is 9.51. The van der Waals surface area contributed by atoms with Crippen molar-refractivity contribution in [1.82, 2.24) is 20.9 Å². The number of nitrogens with zero attached hydrogens (tertiary/aromatic N) is 2. The molecule has 3 N–H and O–H groups in total. The molecule has 0 aliphatic carbocycles. The third kappa shape index (κ3) is 8.37. The van der Waals surface area contributed by atoms with E-state index in [0.717, 1.165) is 43.1 Å². The van der Waals surface area contributed by atoms with Crippen LogP contribution in [0.1, 0.15) is 36.0 Å². The number of hydrogen-bond donors (Lipinski definition) is 3. The highest BCUT2D eigenvalue weighted by Gasteiger charge is 2.31. The van der Waals surface area contributed by atoms with E-state index in [-0.39, 0.29) is 17.9 Å². The van der Waals surface area contributed by atoms with Crippen molar-refractivity contribution in [3.63, 3.8) is 0 Å². The SMILES string of the molecule is O=C(CC1Cc2ccccc2CN1)N[C@H](Cc1ccc(Cl)cc1)C(=O)N1CCN(c2ccccc2OCC2CCCNC2)CC1. The van der Waals surface area contributed by atoms with Gasteiger partial charge < -0.3 is 30.5 Å². The van der Waals surface area contributed by atoms with E-state index in [1.54, 1.807) is 0 Å². The molecule has 2 unspecified atom stereocenters. The second kappa shape index (κ2) is 15.1. The molecule has 3 atom stereocenters. The van der Waals surface area contributed by atoms with E-state index in [2.05, 4.69) is 39.0 Å². The van der Waals surface area contributed by atoms with Gasteiger partial charge in [-0.2, -0.15) is 0 Å². The summed E-state index contributed by atoms with van der Waals surface area (Å²) in [5, 5.41) is 10.7. The standard InChI is InChI=1S/C36H44ClN5O3/c37-30-13-11-26(12-14-30)20-32(40-35(43)22-31-21-28-7-1-2-8-29(28)24-39-31)36(44)42-18-16-41(17-19-42)33-9-3-4-10-34(33)45-25-27-6-5-15-38-23-27/h1-4,7-14,27,31-32,38-39H,5-6,15-25H2,(H,40,43)/t27?,31?,32-/m1/s1. The second-order valence-electron chi connectivity index (χ2n) is 12.5. The number of amides is 2. The van der Waals surface area contributed by atoms with Crippen LogP contribution in [-0.4, -0.2) is 74.7 Å². The number of fused-ring (bicyclic) bond motifs is 1. The highest BCUT2D eigenvalue weighted by Crippen LogP contribution is 2.30. The molecule has 8 nitrogen and oxygen atoms in total.